The Kier molecular flexibility index (Phi) is 4.40. The summed E-state index contributed by atoms with van der Waals surface area (Å²) in [6.45, 7) is 1.73. The maximum atomic E-state index is 12.7. The molecule has 0 bridgehead atoms. The summed E-state index contributed by atoms with van der Waals surface area (Å²) in [5.74, 6) is 0.0545. The number of phenolic OH excluding ortho intramolecular Hbond substituents is 1. The normalized spacial score (nSPS) is 13.0. The van der Waals surface area contributed by atoms with Gasteiger partial charge in [0, 0.05) is 11.8 Å². The summed E-state index contributed by atoms with van der Waals surface area (Å²) in [6.07, 6.45) is -5.26. The minimum absolute atomic E-state index is 0.0545. The van der Waals surface area contributed by atoms with Crippen molar-refractivity contribution in [3.63, 3.8) is 0 Å². The highest BCUT2D eigenvalue weighted by molar-refractivity contribution is 5.52. The zero-order valence-corrected chi connectivity index (χ0v) is 11.5. The van der Waals surface area contributed by atoms with Crippen molar-refractivity contribution in [2.75, 3.05) is 5.32 Å². The first-order valence-electron chi connectivity index (χ1n) is 6.53. The maximum absolute atomic E-state index is 12.7. The van der Waals surface area contributed by atoms with Crippen LogP contribution in [-0.4, -0.2) is 11.3 Å². The molecule has 0 fully saturated rings. The van der Waals surface area contributed by atoms with Crippen molar-refractivity contribution in [3.05, 3.63) is 59.7 Å². The number of halogens is 3. The second-order valence-corrected chi connectivity index (χ2v) is 4.93. The summed E-state index contributed by atoms with van der Waals surface area (Å²) in [6, 6.07) is 12.3. The Bertz CT molecular complexity index is 596. The topological polar surface area (TPSA) is 32.3 Å². The summed E-state index contributed by atoms with van der Waals surface area (Å²) < 4.78 is 38.2. The van der Waals surface area contributed by atoms with Gasteiger partial charge in [-0.25, -0.2) is 0 Å². The Morgan fingerprint density at radius 3 is 2.33 bits per heavy atom. The highest BCUT2D eigenvalue weighted by Crippen LogP contribution is 2.33. The van der Waals surface area contributed by atoms with E-state index in [1.807, 2.05) is 0 Å². The van der Waals surface area contributed by atoms with Crippen LogP contribution in [0.3, 0.4) is 0 Å². The molecule has 2 aromatic rings. The predicted molar refractivity (Wildman–Crippen MR) is 76.3 cm³/mol. The van der Waals surface area contributed by atoms with Gasteiger partial charge in [-0.3, -0.25) is 0 Å². The minimum atomic E-state index is -4.28. The minimum Gasteiger partial charge on any atom is -0.508 e. The Labute approximate surface area is 121 Å². The second kappa shape index (κ2) is 6.08. The number of hydrogen-bond acceptors (Lipinski definition) is 2. The monoisotopic (exact) mass is 295 g/mol. The van der Waals surface area contributed by atoms with Crippen molar-refractivity contribution in [1.82, 2.24) is 0 Å². The molecule has 1 unspecified atom stereocenters. The van der Waals surface area contributed by atoms with Crippen LogP contribution in [0.25, 0.3) is 0 Å². The quantitative estimate of drug-likeness (QED) is 0.848. The fourth-order valence-electron chi connectivity index (χ4n) is 2.07. The van der Waals surface area contributed by atoms with E-state index in [9.17, 15) is 18.3 Å². The van der Waals surface area contributed by atoms with Gasteiger partial charge in [-0.05, 0) is 24.1 Å². The third-order valence-electron chi connectivity index (χ3n) is 3.19. The molecule has 0 amide bonds. The van der Waals surface area contributed by atoms with Gasteiger partial charge in [0.1, 0.15) is 5.75 Å². The van der Waals surface area contributed by atoms with Gasteiger partial charge in [0.15, 0.2) is 0 Å². The number of anilines is 1. The van der Waals surface area contributed by atoms with E-state index < -0.39 is 18.6 Å². The van der Waals surface area contributed by atoms with E-state index in [0.29, 0.717) is 16.8 Å². The van der Waals surface area contributed by atoms with Gasteiger partial charge in [0.05, 0.1) is 12.5 Å². The number of phenols is 1. The number of benzene rings is 2. The Balaban J connectivity index is 2.25. The number of aromatic hydroxyl groups is 1. The zero-order chi connectivity index (χ0) is 15.5. The summed E-state index contributed by atoms with van der Waals surface area (Å²) in [5.41, 5.74) is 1.68. The molecule has 2 rings (SSSR count). The van der Waals surface area contributed by atoms with Crippen LogP contribution in [0.5, 0.6) is 5.75 Å². The molecule has 5 heteroatoms. The molecule has 0 aliphatic rings. The van der Waals surface area contributed by atoms with Crippen LogP contribution in [0.2, 0.25) is 0 Å². The van der Waals surface area contributed by atoms with Gasteiger partial charge in [0.25, 0.3) is 0 Å². The largest absolute Gasteiger partial charge is 0.508 e. The van der Waals surface area contributed by atoms with E-state index in [0.717, 1.165) is 0 Å². The Morgan fingerprint density at radius 1 is 1.10 bits per heavy atom. The molecule has 21 heavy (non-hydrogen) atoms. The predicted octanol–water partition coefficient (Wildman–Crippen LogP) is 4.81. The summed E-state index contributed by atoms with van der Waals surface area (Å²) in [7, 11) is 0. The molecule has 0 saturated heterocycles. The third kappa shape index (κ3) is 4.41. The first-order chi connectivity index (χ1) is 9.85. The summed E-state index contributed by atoms with van der Waals surface area (Å²) >= 11 is 0. The van der Waals surface area contributed by atoms with Gasteiger partial charge < -0.3 is 10.4 Å². The van der Waals surface area contributed by atoms with Crippen LogP contribution in [0.1, 0.15) is 23.6 Å². The average molecular weight is 295 g/mol. The van der Waals surface area contributed by atoms with Gasteiger partial charge >= 0.3 is 6.18 Å². The lowest BCUT2D eigenvalue weighted by Crippen LogP contribution is -2.20. The molecule has 2 aromatic carbocycles. The van der Waals surface area contributed by atoms with Crippen molar-refractivity contribution in [1.29, 1.82) is 0 Å². The number of nitrogens with one attached hydrogen (secondary N) is 1. The Hall–Kier alpha value is -2.17. The standard InChI is InChI=1S/C16H16F3NO/c1-11-7-8-13(9-15(11)21)20-14(10-16(17,18)19)12-5-3-2-4-6-12/h2-9,14,20-21H,10H2,1H3. The van der Waals surface area contributed by atoms with E-state index in [-0.39, 0.29) is 5.75 Å². The van der Waals surface area contributed by atoms with E-state index in [2.05, 4.69) is 5.32 Å². The summed E-state index contributed by atoms with van der Waals surface area (Å²) in [4.78, 5) is 0. The molecular formula is C16H16F3NO. The van der Waals surface area contributed by atoms with Crippen molar-refractivity contribution < 1.29 is 18.3 Å². The first kappa shape index (κ1) is 15.2. The van der Waals surface area contributed by atoms with Crippen LogP contribution < -0.4 is 5.32 Å². The molecule has 2 nitrogen and oxygen atoms in total. The molecule has 1 atom stereocenters. The Morgan fingerprint density at radius 2 is 1.76 bits per heavy atom. The lowest BCUT2D eigenvalue weighted by atomic mass is 10.0. The van der Waals surface area contributed by atoms with Crippen LogP contribution in [0, 0.1) is 6.92 Å². The van der Waals surface area contributed by atoms with Crippen LogP contribution in [0.15, 0.2) is 48.5 Å². The van der Waals surface area contributed by atoms with E-state index in [1.165, 1.54) is 6.07 Å². The van der Waals surface area contributed by atoms with E-state index in [1.54, 1.807) is 49.4 Å². The van der Waals surface area contributed by atoms with Crippen molar-refractivity contribution in [2.24, 2.45) is 0 Å². The summed E-state index contributed by atoms with van der Waals surface area (Å²) in [5, 5.41) is 12.5. The molecule has 0 radical (unpaired) electrons. The molecular weight excluding hydrogens is 279 g/mol. The third-order valence-corrected chi connectivity index (χ3v) is 3.19. The van der Waals surface area contributed by atoms with Gasteiger partial charge in [-0.2, -0.15) is 13.2 Å². The molecule has 0 spiro atoms. The van der Waals surface area contributed by atoms with Crippen molar-refractivity contribution in [2.45, 2.75) is 25.6 Å². The number of aryl methyl sites for hydroxylation is 1. The van der Waals surface area contributed by atoms with Crippen LogP contribution in [0.4, 0.5) is 18.9 Å². The highest BCUT2D eigenvalue weighted by atomic mass is 19.4. The van der Waals surface area contributed by atoms with Crippen LogP contribution in [-0.2, 0) is 0 Å². The SMILES string of the molecule is Cc1ccc(NC(CC(F)(F)F)c2ccccc2)cc1O. The average Bonchev–Trinajstić information content (AvgIpc) is 2.42. The maximum Gasteiger partial charge on any atom is 0.391 e. The highest BCUT2D eigenvalue weighted by Gasteiger charge is 2.32. The van der Waals surface area contributed by atoms with Crippen LogP contribution >= 0.6 is 0 Å². The van der Waals surface area contributed by atoms with Gasteiger partial charge in [0.2, 0.25) is 0 Å². The first-order valence-corrected chi connectivity index (χ1v) is 6.53. The molecule has 0 aliphatic carbocycles. The molecule has 0 saturated carbocycles. The zero-order valence-electron chi connectivity index (χ0n) is 11.5. The second-order valence-electron chi connectivity index (χ2n) is 4.93. The fraction of sp³-hybridized carbons (Fsp3) is 0.250. The lowest BCUT2D eigenvalue weighted by Gasteiger charge is -2.22. The molecule has 112 valence electrons. The van der Waals surface area contributed by atoms with Crippen molar-refractivity contribution in [3.8, 4) is 5.75 Å². The van der Waals surface area contributed by atoms with E-state index in [4.69, 9.17) is 0 Å². The van der Waals surface area contributed by atoms with Crippen molar-refractivity contribution >= 4 is 5.69 Å². The smallest absolute Gasteiger partial charge is 0.391 e. The number of hydrogen-bond donors (Lipinski definition) is 2. The van der Waals surface area contributed by atoms with Gasteiger partial charge in [-0.15, -0.1) is 0 Å². The van der Waals surface area contributed by atoms with E-state index >= 15 is 0 Å². The van der Waals surface area contributed by atoms with Gasteiger partial charge in [-0.1, -0.05) is 36.4 Å². The molecule has 0 heterocycles. The lowest BCUT2D eigenvalue weighted by molar-refractivity contribution is -0.137. The number of rotatable bonds is 4. The molecule has 2 N–H and O–H groups in total. The fourth-order valence-corrected chi connectivity index (χ4v) is 2.07. The number of alkyl halides is 3. The molecule has 0 aliphatic heterocycles. The molecule has 0 aromatic heterocycles.